The van der Waals surface area contributed by atoms with Gasteiger partial charge in [-0.15, -0.1) is 0 Å². The highest BCUT2D eigenvalue weighted by atomic mass is 16.4. The van der Waals surface area contributed by atoms with E-state index in [1.807, 2.05) is 0 Å². The second-order valence-corrected chi connectivity index (χ2v) is 3.76. The lowest BCUT2D eigenvalue weighted by Gasteiger charge is -2.03. The average Bonchev–Trinajstić information content (AvgIpc) is 2.72. The SMILES string of the molecule is CC(=O)c1cccc(-n2[nH]c(C(=O)O)cc2=O)c1. The number of nitrogens with zero attached hydrogens (tertiary/aromatic N) is 1. The lowest BCUT2D eigenvalue weighted by molar-refractivity contribution is 0.0689. The van der Waals surface area contributed by atoms with Crippen LogP contribution in [0.5, 0.6) is 0 Å². The second kappa shape index (κ2) is 4.33. The number of hydrogen-bond acceptors (Lipinski definition) is 3. The molecule has 0 unspecified atom stereocenters. The molecule has 0 saturated heterocycles. The number of aromatic nitrogens is 2. The van der Waals surface area contributed by atoms with Crippen molar-refractivity contribution in [2.45, 2.75) is 6.92 Å². The fourth-order valence-electron chi connectivity index (χ4n) is 1.56. The molecular weight excluding hydrogens is 236 g/mol. The fourth-order valence-corrected chi connectivity index (χ4v) is 1.56. The number of benzene rings is 1. The Morgan fingerprint density at radius 1 is 1.28 bits per heavy atom. The molecule has 0 amide bonds. The first kappa shape index (κ1) is 11.8. The van der Waals surface area contributed by atoms with Gasteiger partial charge in [0.1, 0.15) is 5.69 Å². The highest BCUT2D eigenvalue weighted by Crippen LogP contribution is 2.09. The van der Waals surface area contributed by atoms with Gasteiger partial charge in [0.15, 0.2) is 5.78 Å². The normalized spacial score (nSPS) is 10.3. The molecule has 2 rings (SSSR count). The number of aromatic carboxylic acids is 1. The standard InChI is InChI=1S/C12H10N2O4/c1-7(15)8-3-2-4-9(5-8)14-11(16)6-10(13-14)12(17)18/h2-6,13H,1H3,(H,17,18). The van der Waals surface area contributed by atoms with Crippen LogP contribution in [0.2, 0.25) is 0 Å². The van der Waals surface area contributed by atoms with Gasteiger partial charge in [0, 0.05) is 11.6 Å². The van der Waals surface area contributed by atoms with Crippen LogP contribution in [-0.2, 0) is 0 Å². The van der Waals surface area contributed by atoms with Gasteiger partial charge in [-0.25, -0.2) is 9.48 Å². The molecule has 0 aliphatic rings. The van der Waals surface area contributed by atoms with Gasteiger partial charge < -0.3 is 5.11 Å². The predicted octanol–water partition coefficient (Wildman–Crippen LogP) is 1.07. The molecule has 92 valence electrons. The Kier molecular flexibility index (Phi) is 2.85. The molecule has 1 heterocycles. The molecule has 1 aromatic carbocycles. The number of nitrogens with one attached hydrogen (secondary N) is 1. The zero-order valence-electron chi connectivity index (χ0n) is 9.51. The number of carboxylic acid groups (broad SMARTS) is 1. The maximum absolute atomic E-state index is 11.6. The molecule has 0 bridgehead atoms. The van der Waals surface area contributed by atoms with Crippen molar-refractivity contribution >= 4 is 11.8 Å². The van der Waals surface area contributed by atoms with Gasteiger partial charge in [-0.2, -0.15) is 0 Å². The number of carbonyl (C=O) groups is 2. The number of aromatic amines is 1. The summed E-state index contributed by atoms with van der Waals surface area (Å²) >= 11 is 0. The Morgan fingerprint density at radius 3 is 2.56 bits per heavy atom. The van der Waals surface area contributed by atoms with Crippen LogP contribution in [0, 0.1) is 0 Å². The molecule has 0 radical (unpaired) electrons. The van der Waals surface area contributed by atoms with Crippen molar-refractivity contribution in [3.05, 3.63) is 51.9 Å². The van der Waals surface area contributed by atoms with Gasteiger partial charge in [-0.1, -0.05) is 12.1 Å². The molecule has 2 N–H and O–H groups in total. The van der Waals surface area contributed by atoms with Crippen molar-refractivity contribution in [3.63, 3.8) is 0 Å². The minimum atomic E-state index is -1.21. The van der Waals surface area contributed by atoms with E-state index < -0.39 is 11.5 Å². The molecular formula is C12H10N2O4. The highest BCUT2D eigenvalue weighted by Gasteiger charge is 2.11. The molecule has 18 heavy (non-hydrogen) atoms. The molecule has 1 aromatic heterocycles. The molecule has 2 aromatic rings. The maximum Gasteiger partial charge on any atom is 0.353 e. The van der Waals surface area contributed by atoms with E-state index in [4.69, 9.17) is 5.11 Å². The molecule has 0 aliphatic heterocycles. The van der Waals surface area contributed by atoms with Gasteiger partial charge in [0.25, 0.3) is 5.56 Å². The summed E-state index contributed by atoms with van der Waals surface area (Å²) in [6, 6.07) is 7.36. The third kappa shape index (κ3) is 2.08. The van der Waals surface area contributed by atoms with Gasteiger partial charge >= 0.3 is 5.97 Å². The first-order valence-corrected chi connectivity index (χ1v) is 5.16. The first-order chi connectivity index (χ1) is 8.49. The van der Waals surface area contributed by atoms with Crippen LogP contribution in [0.15, 0.2) is 35.1 Å². The van der Waals surface area contributed by atoms with E-state index in [2.05, 4.69) is 5.10 Å². The maximum atomic E-state index is 11.6. The van der Waals surface area contributed by atoms with Crippen molar-refractivity contribution < 1.29 is 14.7 Å². The quantitative estimate of drug-likeness (QED) is 0.792. The van der Waals surface area contributed by atoms with E-state index in [9.17, 15) is 14.4 Å². The van der Waals surface area contributed by atoms with E-state index in [1.165, 1.54) is 13.0 Å². The molecule has 0 spiro atoms. The Bertz CT molecular complexity index is 681. The van der Waals surface area contributed by atoms with Crippen LogP contribution in [0.1, 0.15) is 27.8 Å². The summed E-state index contributed by atoms with van der Waals surface area (Å²) in [7, 11) is 0. The Morgan fingerprint density at radius 2 is 2.00 bits per heavy atom. The third-order valence-electron chi connectivity index (χ3n) is 2.46. The van der Waals surface area contributed by atoms with Crippen LogP contribution < -0.4 is 5.56 Å². The van der Waals surface area contributed by atoms with Crippen molar-refractivity contribution in [1.29, 1.82) is 0 Å². The summed E-state index contributed by atoms with van der Waals surface area (Å²) in [6.07, 6.45) is 0. The molecule has 6 nitrogen and oxygen atoms in total. The van der Waals surface area contributed by atoms with Crippen molar-refractivity contribution in [3.8, 4) is 5.69 Å². The van der Waals surface area contributed by atoms with Crippen molar-refractivity contribution in [2.75, 3.05) is 0 Å². The van der Waals surface area contributed by atoms with Gasteiger partial charge in [0.05, 0.1) is 5.69 Å². The Balaban J connectivity index is 2.55. The summed E-state index contributed by atoms with van der Waals surface area (Å²) in [6.45, 7) is 1.42. The zero-order valence-corrected chi connectivity index (χ0v) is 9.51. The van der Waals surface area contributed by atoms with Crippen LogP contribution in [-0.4, -0.2) is 26.6 Å². The van der Waals surface area contributed by atoms with E-state index in [0.717, 1.165) is 10.7 Å². The fraction of sp³-hybridized carbons (Fsp3) is 0.0833. The summed E-state index contributed by atoms with van der Waals surface area (Å²) in [5, 5.41) is 11.2. The number of H-pyrrole nitrogens is 1. The van der Waals surface area contributed by atoms with Crippen LogP contribution in [0.4, 0.5) is 0 Å². The van der Waals surface area contributed by atoms with Gasteiger partial charge in [0.2, 0.25) is 0 Å². The number of carbonyl (C=O) groups excluding carboxylic acids is 1. The molecule has 0 fully saturated rings. The second-order valence-electron chi connectivity index (χ2n) is 3.76. The lowest BCUT2D eigenvalue weighted by atomic mass is 10.1. The van der Waals surface area contributed by atoms with Crippen molar-refractivity contribution in [2.24, 2.45) is 0 Å². The van der Waals surface area contributed by atoms with Gasteiger partial charge in [-0.3, -0.25) is 14.7 Å². The van der Waals surface area contributed by atoms with E-state index >= 15 is 0 Å². The summed E-state index contributed by atoms with van der Waals surface area (Å²) in [5.74, 6) is -1.34. The number of carboxylic acids is 1. The van der Waals surface area contributed by atoms with Crippen LogP contribution >= 0.6 is 0 Å². The van der Waals surface area contributed by atoms with Crippen LogP contribution in [0.25, 0.3) is 5.69 Å². The van der Waals surface area contributed by atoms with E-state index in [0.29, 0.717) is 11.3 Å². The molecule has 0 atom stereocenters. The smallest absolute Gasteiger partial charge is 0.353 e. The largest absolute Gasteiger partial charge is 0.477 e. The third-order valence-corrected chi connectivity index (χ3v) is 2.46. The molecule has 0 saturated carbocycles. The van der Waals surface area contributed by atoms with E-state index in [1.54, 1.807) is 18.2 Å². The van der Waals surface area contributed by atoms with E-state index in [-0.39, 0.29) is 11.5 Å². The average molecular weight is 246 g/mol. The predicted molar refractivity (Wildman–Crippen MR) is 63.4 cm³/mol. The highest BCUT2D eigenvalue weighted by molar-refractivity contribution is 5.94. The van der Waals surface area contributed by atoms with Crippen LogP contribution in [0.3, 0.4) is 0 Å². The lowest BCUT2D eigenvalue weighted by Crippen LogP contribution is -2.13. The first-order valence-electron chi connectivity index (χ1n) is 5.16. The summed E-state index contributed by atoms with van der Waals surface area (Å²) in [5.41, 5.74) is 0.174. The zero-order chi connectivity index (χ0) is 13.3. The molecule has 0 aliphatic carbocycles. The minimum absolute atomic E-state index is 0.130. The topological polar surface area (TPSA) is 92.2 Å². The number of rotatable bonds is 3. The molecule has 6 heteroatoms. The monoisotopic (exact) mass is 246 g/mol. The van der Waals surface area contributed by atoms with Crippen molar-refractivity contribution in [1.82, 2.24) is 9.78 Å². The number of Topliss-reactive ketones (excluding diaryl/α,β-unsaturated/α-hetero) is 1. The Hall–Kier alpha value is -2.63. The Labute approximate surface area is 101 Å². The minimum Gasteiger partial charge on any atom is -0.477 e. The number of hydrogen-bond donors (Lipinski definition) is 2. The summed E-state index contributed by atoms with van der Waals surface area (Å²) < 4.78 is 1.08. The van der Waals surface area contributed by atoms with Gasteiger partial charge in [-0.05, 0) is 19.1 Å². The summed E-state index contributed by atoms with van der Waals surface area (Å²) in [4.78, 5) is 33.6. The number of ketones is 1.